The zero-order valence-electron chi connectivity index (χ0n) is 11.5. The molecule has 0 N–H and O–H groups in total. The molecule has 0 amide bonds. The van der Waals surface area contributed by atoms with Gasteiger partial charge < -0.3 is 0 Å². The molecule has 0 aliphatic rings. The maximum absolute atomic E-state index is 13.6. The third-order valence-electron chi connectivity index (χ3n) is 3.61. The fraction of sp³-hybridized carbons (Fsp3) is 0.125. The third kappa shape index (κ3) is 2.90. The van der Waals surface area contributed by atoms with E-state index in [9.17, 15) is 26.3 Å². The van der Waals surface area contributed by atoms with Crippen molar-refractivity contribution in [1.82, 2.24) is 0 Å². The monoisotopic (exact) mass is 470 g/mol. The fourth-order valence-corrected chi connectivity index (χ4v) is 3.51. The quantitative estimate of drug-likeness (QED) is 0.234. The van der Waals surface area contributed by atoms with Gasteiger partial charge in [-0.15, -0.1) is 0 Å². The molecule has 0 radical (unpaired) electrons. The van der Waals surface area contributed by atoms with Gasteiger partial charge in [0.05, 0.1) is 11.1 Å². The van der Waals surface area contributed by atoms with Crippen LogP contribution in [-0.4, -0.2) is 0 Å². The Morgan fingerprint density at radius 3 is 1.17 bits per heavy atom. The van der Waals surface area contributed by atoms with Crippen LogP contribution in [-0.2, 0) is 12.4 Å². The van der Waals surface area contributed by atoms with Crippen LogP contribution in [0.1, 0.15) is 11.1 Å². The Balaban J connectivity index is 2.70. The summed E-state index contributed by atoms with van der Waals surface area (Å²) in [5.41, 5.74) is -2.15. The number of halogens is 8. The molecule has 0 saturated heterocycles. The molecule has 24 heavy (non-hydrogen) atoms. The second-order valence-corrected chi connectivity index (χ2v) is 6.96. The number of rotatable bonds is 0. The molecule has 0 fully saturated rings. The molecule has 0 nitrogen and oxygen atoms in total. The highest BCUT2D eigenvalue weighted by molar-refractivity contribution is 9.10. The van der Waals surface area contributed by atoms with Gasteiger partial charge in [-0.3, -0.25) is 0 Å². The van der Waals surface area contributed by atoms with Crippen molar-refractivity contribution in [1.29, 1.82) is 0 Å². The first-order valence-electron chi connectivity index (χ1n) is 6.49. The van der Waals surface area contributed by atoms with E-state index in [0.717, 1.165) is 24.3 Å². The second-order valence-electron chi connectivity index (χ2n) is 5.13. The van der Waals surface area contributed by atoms with Gasteiger partial charge in [-0.05, 0) is 45.8 Å². The van der Waals surface area contributed by atoms with Crippen molar-refractivity contribution in [3.8, 4) is 0 Å². The van der Waals surface area contributed by atoms with E-state index in [1.54, 1.807) is 0 Å². The molecular formula is C16H6Br2F6. The minimum absolute atomic E-state index is 0.269. The zero-order chi connectivity index (χ0) is 17.9. The van der Waals surface area contributed by atoms with Crippen molar-refractivity contribution in [2.24, 2.45) is 0 Å². The largest absolute Gasteiger partial charge is 0.417 e. The Morgan fingerprint density at radius 1 is 0.542 bits per heavy atom. The molecule has 0 aliphatic heterocycles. The topological polar surface area (TPSA) is 0 Å². The van der Waals surface area contributed by atoms with Crippen LogP contribution in [0.3, 0.4) is 0 Å². The van der Waals surface area contributed by atoms with Crippen molar-refractivity contribution >= 4 is 53.4 Å². The van der Waals surface area contributed by atoms with Gasteiger partial charge in [0.25, 0.3) is 0 Å². The zero-order valence-corrected chi connectivity index (χ0v) is 14.7. The Morgan fingerprint density at radius 2 is 0.875 bits per heavy atom. The lowest BCUT2D eigenvalue weighted by Crippen LogP contribution is -2.12. The van der Waals surface area contributed by atoms with Gasteiger partial charge in [0.2, 0.25) is 0 Å². The van der Waals surface area contributed by atoms with E-state index in [4.69, 9.17) is 0 Å². The van der Waals surface area contributed by atoms with Gasteiger partial charge >= 0.3 is 12.4 Å². The summed E-state index contributed by atoms with van der Waals surface area (Å²) in [4.78, 5) is 0. The van der Waals surface area contributed by atoms with Crippen LogP contribution < -0.4 is 0 Å². The molecule has 0 aliphatic carbocycles. The summed E-state index contributed by atoms with van der Waals surface area (Å²) < 4.78 is 82.1. The molecule has 0 atom stereocenters. The van der Waals surface area contributed by atoms with Crippen molar-refractivity contribution in [2.45, 2.75) is 12.4 Å². The van der Waals surface area contributed by atoms with Crippen molar-refractivity contribution in [2.75, 3.05) is 0 Å². The van der Waals surface area contributed by atoms with E-state index in [0.29, 0.717) is 0 Å². The van der Waals surface area contributed by atoms with E-state index in [1.807, 2.05) is 0 Å². The maximum Gasteiger partial charge on any atom is 0.417 e. The minimum Gasteiger partial charge on any atom is -0.166 e. The Kier molecular flexibility index (Phi) is 4.11. The summed E-state index contributed by atoms with van der Waals surface area (Å²) in [5.74, 6) is 0. The van der Waals surface area contributed by atoms with Crippen LogP contribution >= 0.6 is 31.9 Å². The molecule has 0 saturated carbocycles. The molecule has 3 aromatic carbocycles. The Bertz CT molecular complexity index is 877. The predicted octanol–water partition coefficient (Wildman–Crippen LogP) is 7.56. The second kappa shape index (κ2) is 5.62. The lowest BCUT2D eigenvalue weighted by atomic mass is 9.91. The molecule has 126 valence electrons. The van der Waals surface area contributed by atoms with Gasteiger partial charge in [-0.2, -0.15) is 26.3 Å². The van der Waals surface area contributed by atoms with Crippen LogP contribution in [0.15, 0.2) is 45.3 Å². The summed E-state index contributed by atoms with van der Waals surface area (Å²) in [6.07, 6.45) is -9.59. The normalized spacial score (nSPS) is 13.0. The van der Waals surface area contributed by atoms with E-state index in [-0.39, 0.29) is 8.95 Å². The highest BCUT2D eigenvalue weighted by atomic mass is 79.9. The van der Waals surface area contributed by atoms with Gasteiger partial charge in [0.1, 0.15) is 0 Å². The third-order valence-corrected chi connectivity index (χ3v) is 4.59. The smallest absolute Gasteiger partial charge is 0.166 e. The van der Waals surface area contributed by atoms with Crippen LogP contribution in [0.2, 0.25) is 0 Å². The van der Waals surface area contributed by atoms with E-state index in [2.05, 4.69) is 31.9 Å². The Hall–Kier alpha value is -1.28. The molecule has 8 heteroatoms. The number of benzene rings is 3. The first-order valence-corrected chi connectivity index (χ1v) is 8.07. The summed E-state index contributed by atoms with van der Waals surface area (Å²) in [5, 5.41) is -1.94. The maximum atomic E-state index is 13.6. The first-order chi connectivity index (χ1) is 11.0. The molecule has 3 aromatic rings. The molecule has 0 spiro atoms. The van der Waals surface area contributed by atoms with E-state index < -0.39 is 45.0 Å². The summed E-state index contributed by atoms with van der Waals surface area (Å²) >= 11 is 6.06. The van der Waals surface area contributed by atoms with Gasteiger partial charge in [-0.1, -0.05) is 44.0 Å². The van der Waals surface area contributed by atoms with E-state index in [1.165, 1.54) is 12.1 Å². The summed E-state index contributed by atoms with van der Waals surface area (Å²) in [6, 6.07) is 6.82. The van der Waals surface area contributed by atoms with Crippen molar-refractivity contribution in [3.05, 3.63) is 56.5 Å². The number of fused-ring (bicyclic) bond motifs is 2. The van der Waals surface area contributed by atoms with Crippen LogP contribution in [0.5, 0.6) is 0 Å². The first kappa shape index (κ1) is 17.5. The average molecular weight is 472 g/mol. The number of hydrogen-bond acceptors (Lipinski definition) is 0. The standard InChI is InChI=1S/C16H6Br2F6/c17-7-1-3-9-11(5-7)14(16(22,23)24)10-4-2-8(18)6-12(10)13(9)15(19,20)21/h1-6H. The van der Waals surface area contributed by atoms with Crippen LogP contribution in [0, 0.1) is 0 Å². The highest BCUT2D eigenvalue weighted by Gasteiger charge is 2.41. The van der Waals surface area contributed by atoms with Crippen molar-refractivity contribution < 1.29 is 26.3 Å². The molecule has 0 bridgehead atoms. The lowest BCUT2D eigenvalue weighted by Gasteiger charge is -2.20. The lowest BCUT2D eigenvalue weighted by molar-refractivity contribution is -0.137. The van der Waals surface area contributed by atoms with Gasteiger partial charge in [0.15, 0.2) is 0 Å². The molecule has 0 heterocycles. The van der Waals surface area contributed by atoms with Crippen molar-refractivity contribution in [3.63, 3.8) is 0 Å². The predicted molar refractivity (Wildman–Crippen MR) is 86.9 cm³/mol. The fourth-order valence-electron chi connectivity index (χ4n) is 2.78. The molecular weight excluding hydrogens is 466 g/mol. The molecule has 0 unspecified atom stereocenters. The van der Waals surface area contributed by atoms with Crippen LogP contribution in [0.4, 0.5) is 26.3 Å². The summed E-state index contributed by atoms with van der Waals surface area (Å²) in [7, 11) is 0. The summed E-state index contributed by atoms with van der Waals surface area (Å²) in [6.45, 7) is 0. The highest BCUT2D eigenvalue weighted by Crippen LogP contribution is 2.47. The average Bonchev–Trinajstić information content (AvgIpc) is 2.41. The van der Waals surface area contributed by atoms with E-state index >= 15 is 0 Å². The molecule has 0 aromatic heterocycles. The SMILES string of the molecule is FC(F)(F)c1c2ccc(Br)cc2c(C(F)(F)F)c2ccc(Br)cc12. The minimum atomic E-state index is -4.80. The number of alkyl halides is 6. The molecule has 3 rings (SSSR count). The van der Waals surface area contributed by atoms with Crippen LogP contribution in [0.25, 0.3) is 21.5 Å². The van der Waals surface area contributed by atoms with Gasteiger partial charge in [-0.25, -0.2) is 0 Å². The Labute approximate surface area is 148 Å². The number of hydrogen-bond donors (Lipinski definition) is 0. The van der Waals surface area contributed by atoms with Gasteiger partial charge in [0, 0.05) is 8.95 Å².